The van der Waals surface area contributed by atoms with Crippen LogP contribution in [0.2, 0.25) is 0 Å². The van der Waals surface area contributed by atoms with Crippen molar-refractivity contribution in [3.63, 3.8) is 0 Å². The molecule has 0 radical (unpaired) electrons. The van der Waals surface area contributed by atoms with Crippen LogP contribution in [0.1, 0.15) is 36.9 Å². The van der Waals surface area contributed by atoms with Crippen LogP contribution >= 0.6 is 0 Å². The molecule has 1 fully saturated rings. The summed E-state index contributed by atoms with van der Waals surface area (Å²) >= 11 is 0. The van der Waals surface area contributed by atoms with Gasteiger partial charge in [-0.25, -0.2) is 0 Å². The van der Waals surface area contributed by atoms with E-state index in [1.165, 1.54) is 0 Å². The second-order valence-corrected chi connectivity index (χ2v) is 6.30. The van der Waals surface area contributed by atoms with Crippen molar-refractivity contribution in [3.05, 3.63) is 48.0 Å². The Bertz CT molecular complexity index is 637. The summed E-state index contributed by atoms with van der Waals surface area (Å²) in [6, 6.07) is 6.22. The van der Waals surface area contributed by atoms with Gasteiger partial charge in [-0.1, -0.05) is 6.07 Å². The van der Waals surface area contributed by atoms with Crippen molar-refractivity contribution in [2.75, 3.05) is 6.54 Å². The van der Waals surface area contributed by atoms with Crippen LogP contribution in [0, 0.1) is 6.92 Å². The van der Waals surface area contributed by atoms with E-state index in [1.54, 1.807) is 6.20 Å². The lowest BCUT2D eigenvalue weighted by atomic mass is 10.1. The highest BCUT2D eigenvalue weighted by molar-refractivity contribution is 5.76. The second-order valence-electron chi connectivity index (χ2n) is 6.30. The second kappa shape index (κ2) is 7.40. The minimum atomic E-state index is 0.271. The van der Waals surface area contributed by atoms with Gasteiger partial charge in [0.25, 0.3) is 0 Å². The standard InChI is InChI=1S/C18H24N4O/c1-15-12-20-21(13-15)14-17-8-5-11-22(17)18(23)9-4-7-16-6-2-3-10-19-16/h2-3,6,10,12-13,17H,4-5,7-9,11,14H2,1H3/t17-/m1/s1. The molecule has 5 heteroatoms. The summed E-state index contributed by atoms with van der Waals surface area (Å²) < 4.78 is 1.96. The molecule has 1 saturated heterocycles. The summed E-state index contributed by atoms with van der Waals surface area (Å²) in [4.78, 5) is 18.9. The lowest BCUT2D eigenvalue weighted by Crippen LogP contribution is -2.38. The molecule has 1 aliphatic rings. The van der Waals surface area contributed by atoms with Gasteiger partial charge >= 0.3 is 0 Å². The third kappa shape index (κ3) is 4.18. The molecule has 0 spiro atoms. The van der Waals surface area contributed by atoms with E-state index in [2.05, 4.69) is 15.0 Å². The number of amides is 1. The van der Waals surface area contributed by atoms with E-state index in [-0.39, 0.29) is 11.9 Å². The normalized spacial score (nSPS) is 17.6. The fourth-order valence-corrected chi connectivity index (χ4v) is 3.25. The number of nitrogens with zero attached hydrogens (tertiary/aromatic N) is 4. The molecule has 2 aromatic rings. The van der Waals surface area contributed by atoms with Gasteiger partial charge in [0.05, 0.1) is 18.8 Å². The molecule has 0 aliphatic carbocycles. The van der Waals surface area contributed by atoms with Crippen LogP contribution in [0.3, 0.4) is 0 Å². The van der Waals surface area contributed by atoms with Crippen molar-refractivity contribution >= 4 is 5.91 Å². The van der Waals surface area contributed by atoms with Gasteiger partial charge in [-0.15, -0.1) is 0 Å². The van der Waals surface area contributed by atoms with Gasteiger partial charge in [-0.2, -0.15) is 5.10 Å². The van der Waals surface area contributed by atoms with Gasteiger partial charge in [0, 0.05) is 31.1 Å². The molecule has 1 amide bonds. The van der Waals surface area contributed by atoms with Crippen molar-refractivity contribution in [3.8, 4) is 0 Å². The van der Waals surface area contributed by atoms with E-state index in [1.807, 2.05) is 42.2 Å². The zero-order valence-corrected chi connectivity index (χ0v) is 13.7. The molecule has 5 nitrogen and oxygen atoms in total. The summed E-state index contributed by atoms with van der Waals surface area (Å²) in [7, 11) is 0. The number of carbonyl (C=O) groups excluding carboxylic acids is 1. The van der Waals surface area contributed by atoms with Crippen molar-refractivity contribution < 1.29 is 4.79 Å². The van der Waals surface area contributed by atoms with Gasteiger partial charge < -0.3 is 4.90 Å². The van der Waals surface area contributed by atoms with E-state index in [0.29, 0.717) is 6.42 Å². The minimum absolute atomic E-state index is 0.271. The van der Waals surface area contributed by atoms with Gasteiger partial charge in [0.1, 0.15) is 0 Å². The molecule has 0 aromatic carbocycles. The summed E-state index contributed by atoms with van der Waals surface area (Å²) in [5.41, 5.74) is 2.22. The number of likely N-dealkylation sites (tertiary alicyclic amines) is 1. The fourth-order valence-electron chi connectivity index (χ4n) is 3.25. The number of carbonyl (C=O) groups is 1. The molecule has 1 aliphatic heterocycles. The van der Waals surface area contributed by atoms with E-state index >= 15 is 0 Å². The molecule has 0 unspecified atom stereocenters. The molecular formula is C18H24N4O. The molecule has 2 aromatic heterocycles. The zero-order chi connectivity index (χ0) is 16.1. The first kappa shape index (κ1) is 15.7. The Labute approximate surface area is 137 Å². The van der Waals surface area contributed by atoms with Gasteiger partial charge in [-0.05, 0) is 50.3 Å². The maximum absolute atomic E-state index is 12.5. The lowest BCUT2D eigenvalue weighted by Gasteiger charge is -2.24. The molecule has 122 valence electrons. The van der Waals surface area contributed by atoms with E-state index < -0.39 is 0 Å². The first-order valence-electron chi connectivity index (χ1n) is 8.41. The Balaban J connectivity index is 1.49. The number of rotatable bonds is 6. The topological polar surface area (TPSA) is 51.0 Å². The van der Waals surface area contributed by atoms with Gasteiger partial charge in [0.2, 0.25) is 5.91 Å². The molecule has 0 saturated carbocycles. The smallest absolute Gasteiger partial charge is 0.222 e. The first-order chi connectivity index (χ1) is 11.2. The average molecular weight is 312 g/mol. The quantitative estimate of drug-likeness (QED) is 0.824. The summed E-state index contributed by atoms with van der Waals surface area (Å²) in [5.74, 6) is 0.271. The number of aryl methyl sites for hydroxylation is 2. The number of pyridine rings is 1. The number of hydrogen-bond acceptors (Lipinski definition) is 3. The Morgan fingerprint density at radius 3 is 3.04 bits per heavy atom. The average Bonchev–Trinajstić information content (AvgIpc) is 3.18. The SMILES string of the molecule is Cc1cnn(C[C@H]2CCCN2C(=O)CCCc2ccccn2)c1. The fraction of sp³-hybridized carbons (Fsp3) is 0.500. The maximum Gasteiger partial charge on any atom is 0.222 e. The van der Waals surface area contributed by atoms with Crippen LogP contribution < -0.4 is 0 Å². The summed E-state index contributed by atoms with van der Waals surface area (Å²) in [6.45, 7) is 3.73. The molecule has 0 N–H and O–H groups in total. The highest BCUT2D eigenvalue weighted by Crippen LogP contribution is 2.20. The van der Waals surface area contributed by atoms with Crippen molar-refractivity contribution in [2.24, 2.45) is 0 Å². The predicted octanol–water partition coefficient (Wildman–Crippen LogP) is 2.60. The molecule has 1 atom stereocenters. The van der Waals surface area contributed by atoms with Crippen molar-refractivity contribution in [1.82, 2.24) is 19.7 Å². The van der Waals surface area contributed by atoms with Crippen LogP contribution in [-0.2, 0) is 17.8 Å². The van der Waals surface area contributed by atoms with E-state index in [4.69, 9.17) is 0 Å². The van der Waals surface area contributed by atoms with Crippen LogP contribution in [-0.4, -0.2) is 38.2 Å². The van der Waals surface area contributed by atoms with Crippen LogP contribution in [0.15, 0.2) is 36.8 Å². The van der Waals surface area contributed by atoms with Crippen molar-refractivity contribution in [1.29, 1.82) is 0 Å². The summed E-state index contributed by atoms with van der Waals surface area (Å²) in [6.07, 6.45) is 10.2. The van der Waals surface area contributed by atoms with Crippen molar-refractivity contribution in [2.45, 2.75) is 51.6 Å². The van der Waals surface area contributed by atoms with Gasteiger partial charge in [-0.3, -0.25) is 14.5 Å². The molecular weight excluding hydrogens is 288 g/mol. The zero-order valence-electron chi connectivity index (χ0n) is 13.7. The van der Waals surface area contributed by atoms with Crippen LogP contribution in [0.25, 0.3) is 0 Å². The van der Waals surface area contributed by atoms with Crippen LogP contribution in [0.4, 0.5) is 0 Å². The third-order valence-corrected chi connectivity index (χ3v) is 4.41. The minimum Gasteiger partial charge on any atom is -0.338 e. The lowest BCUT2D eigenvalue weighted by molar-refractivity contribution is -0.132. The first-order valence-corrected chi connectivity index (χ1v) is 8.41. The number of hydrogen-bond donors (Lipinski definition) is 0. The van der Waals surface area contributed by atoms with E-state index in [0.717, 1.165) is 50.0 Å². The number of aromatic nitrogens is 3. The Kier molecular flexibility index (Phi) is 5.05. The third-order valence-electron chi connectivity index (χ3n) is 4.41. The van der Waals surface area contributed by atoms with E-state index in [9.17, 15) is 4.79 Å². The molecule has 3 rings (SSSR count). The monoisotopic (exact) mass is 312 g/mol. The maximum atomic E-state index is 12.5. The Morgan fingerprint density at radius 1 is 1.39 bits per heavy atom. The molecule has 3 heterocycles. The highest BCUT2D eigenvalue weighted by atomic mass is 16.2. The van der Waals surface area contributed by atoms with Gasteiger partial charge in [0.15, 0.2) is 0 Å². The largest absolute Gasteiger partial charge is 0.338 e. The molecule has 0 bridgehead atoms. The summed E-state index contributed by atoms with van der Waals surface area (Å²) in [5, 5.41) is 4.35. The van der Waals surface area contributed by atoms with Crippen LogP contribution in [0.5, 0.6) is 0 Å². The molecule has 23 heavy (non-hydrogen) atoms. The predicted molar refractivity (Wildman–Crippen MR) is 88.9 cm³/mol. The Morgan fingerprint density at radius 2 is 2.30 bits per heavy atom. The highest BCUT2D eigenvalue weighted by Gasteiger charge is 2.28. The Hall–Kier alpha value is -2.17.